The van der Waals surface area contributed by atoms with Crippen molar-refractivity contribution >= 4 is 19.4 Å². The van der Waals surface area contributed by atoms with Crippen LogP contribution in [0.1, 0.15) is 38.7 Å². The van der Waals surface area contributed by atoms with Crippen molar-refractivity contribution in [1.29, 1.82) is 0 Å². The lowest BCUT2D eigenvalue weighted by Gasteiger charge is -2.25. The Morgan fingerprint density at radius 3 is 2.71 bits per heavy atom. The van der Waals surface area contributed by atoms with Gasteiger partial charge >= 0.3 is 12.0 Å². The number of aryl methyl sites for hydroxylation is 1. The summed E-state index contributed by atoms with van der Waals surface area (Å²) >= 11 is 0. The number of rotatable bonds is 7. The first-order valence-corrected chi connectivity index (χ1v) is 16.3. The number of fused-ring (bicyclic) bond motifs is 4. The third-order valence-corrected chi connectivity index (χ3v) is 10.5. The molecule has 0 radical (unpaired) electrons. The van der Waals surface area contributed by atoms with Crippen LogP contribution < -0.4 is 14.8 Å². The molecule has 38 heavy (non-hydrogen) atoms. The van der Waals surface area contributed by atoms with Crippen molar-refractivity contribution in [3.05, 3.63) is 30.0 Å². The van der Waals surface area contributed by atoms with Gasteiger partial charge in [-0.25, -0.2) is 4.98 Å². The number of ether oxygens (including phenoxy) is 3. The minimum atomic E-state index is -2.02. The number of hydrogen-bond donors (Lipinski definition) is 1. The van der Waals surface area contributed by atoms with Gasteiger partial charge in [0.2, 0.25) is 5.88 Å². The SMILES string of the molecule is Cc1cc(OCC(C)(C)C(=O)O)ncc1-c1ccc2c(n1)[Si](C)(C)CCOCn1nc-2nc1OC1CCC1. The van der Waals surface area contributed by atoms with Crippen LogP contribution in [0.2, 0.25) is 19.1 Å². The number of carbonyl (C=O) groups is 1. The fourth-order valence-electron chi connectivity index (χ4n) is 4.35. The van der Waals surface area contributed by atoms with Gasteiger partial charge in [-0.2, -0.15) is 9.67 Å². The van der Waals surface area contributed by atoms with Crippen molar-refractivity contribution in [3.63, 3.8) is 0 Å². The Labute approximate surface area is 223 Å². The smallest absolute Gasteiger partial charge is 0.317 e. The second kappa shape index (κ2) is 10.1. The Morgan fingerprint density at radius 2 is 2.03 bits per heavy atom. The fraction of sp³-hybridized carbons (Fsp3) is 0.519. The van der Waals surface area contributed by atoms with Crippen LogP contribution in [0, 0.1) is 12.3 Å². The molecule has 1 fully saturated rings. The molecule has 0 saturated heterocycles. The van der Waals surface area contributed by atoms with E-state index in [4.69, 9.17) is 29.3 Å². The van der Waals surface area contributed by atoms with Gasteiger partial charge in [-0.05, 0) is 63.8 Å². The van der Waals surface area contributed by atoms with Gasteiger partial charge in [-0.3, -0.25) is 9.78 Å². The summed E-state index contributed by atoms with van der Waals surface area (Å²) in [5.74, 6) is 0.0831. The quantitative estimate of drug-likeness (QED) is 0.445. The molecule has 1 aliphatic heterocycles. The zero-order chi connectivity index (χ0) is 27.1. The summed E-state index contributed by atoms with van der Waals surface area (Å²) in [5, 5.41) is 15.1. The molecule has 0 atom stereocenters. The molecule has 11 heteroatoms. The highest BCUT2D eigenvalue weighted by molar-refractivity contribution is 6.90. The maximum absolute atomic E-state index is 11.4. The highest BCUT2D eigenvalue weighted by atomic mass is 28.3. The molecule has 0 aromatic carbocycles. The van der Waals surface area contributed by atoms with E-state index in [1.54, 1.807) is 24.7 Å². The van der Waals surface area contributed by atoms with E-state index in [1.165, 1.54) is 6.42 Å². The van der Waals surface area contributed by atoms with Crippen molar-refractivity contribution in [1.82, 2.24) is 24.7 Å². The van der Waals surface area contributed by atoms with Gasteiger partial charge in [0.1, 0.15) is 27.5 Å². The molecular formula is C27H35N5O5Si. The standard InChI is InChI=1S/C27H35N5O5Si/c1-17-13-22(36-15-27(2,3)25(33)34)28-14-20(17)21-10-9-19-23-30-26(37-18-7-6-8-18)32(31-23)16-35-11-12-38(4,5)24(19)29-21/h9-10,13-14,18H,6-8,11-12,15-16H2,1-5H3,(H,33,34). The lowest BCUT2D eigenvalue weighted by atomic mass is 9.95. The topological polar surface area (TPSA) is 121 Å². The minimum absolute atomic E-state index is 0.0270. The van der Waals surface area contributed by atoms with Crippen LogP contribution in [0.15, 0.2) is 24.4 Å². The van der Waals surface area contributed by atoms with Crippen molar-refractivity contribution in [2.75, 3.05) is 13.2 Å². The summed E-state index contributed by atoms with van der Waals surface area (Å²) in [6, 6.07) is 7.28. The van der Waals surface area contributed by atoms with Crippen LogP contribution in [-0.4, -0.2) is 63.2 Å². The summed E-state index contributed by atoms with van der Waals surface area (Å²) in [7, 11) is -2.02. The van der Waals surface area contributed by atoms with E-state index in [2.05, 4.69) is 24.1 Å². The Hall–Kier alpha value is -3.31. The molecule has 2 bridgehead atoms. The summed E-state index contributed by atoms with van der Waals surface area (Å²) in [5.41, 5.74) is 2.58. The summed E-state index contributed by atoms with van der Waals surface area (Å²) in [6.45, 7) is 10.8. The van der Waals surface area contributed by atoms with E-state index in [-0.39, 0.29) is 12.7 Å². The Kier molecular flexibility index (Phi) is 6.99. The van der Waals surface area contributed by atoms with Crippen molar-refractivity contribution in [2.45, 2.75) is 72.0 Å². The number of aliphatic carboxylic acids is 1. The van der Waals surface area contributed by atoms with E-state index in [1.807, 2.05) is 19.1 Å². The predicted octanol–water partition coefficient (Wildman–Crippen LogP) is 4.03. The fourth-order valence-corrected chi connectivity index (χ4v) is 6.59. The van der Waals surface area contributed by atoms with Crippen molar-refractivity contribution in [3.8, 4) is 34.5 Å². The average molecular weight is 538 g/mol. The summed E-state index contributed by atoms with van der Waals surface area (Å²) in [6.07, 6.45) is 5.19. The van der Waals surface area contributed by atoms with Crippen LogP contribution in [0.4, 0.5) is 0 Å². The highest BCUT2D eigenvalue weighted by Crippen LogP contribution is 2.30. The molecule has 10 nitrogen and oxygen atoms in total. The number of aromatic nitrogens is 5. The van der Waals surface area contributed by atoms with Crippen LogP contribution in [0.5, 0.6) is 11.9 Å². The van der Waals surface area contributed by atoms with Gasteiger partial charge in [-0.15, -0.1) is 5.10 Å². The zero-order valence-electron chi connectivity index (χ0n) is 22.7. The van der Waals surface area contributed by atoms with E-state index in [0.717, 1.165) is 46.6 Å². The molecule has 0 spiro atoms. The van der Waals surface area contributed by atoms with E-state index >= 15 is 0 Å². The van der Waals surface area contributed by atoms with E-state index in [9.17, 15) is 9.90 Å². The van der Waals surface area contributed by atoms with Crippen LogP contribution in [-0.2, 0) is 16.3 Å². The largest absolute Gasteiger partial charge is 0.481 e. The third-order valence-electron chi connectivity index (χ3n) is 7.35. The molecule has 0 amide bonds. The summed E-state index contributed by atoms with van der Waals surface area (Å²) in [4.78, 5) is 25.8. The van der Waals surface area contributed by atoms with Gasteiger partial charge in [-0.1, -0.05) is 13.1 Å². The van der Waals surface area contributed by atoms with Gasteiger partial charge in [0, 0.05) is 35.3 Å². The molecule has 4 heterocycles. The first kappa shape index (κ1) is 26.3. The maximum Gasteiger partial charge on any atom is 0.317 e. The monoisotopic (exact) mass is 537 g/mol. The Balaban J connectivity index is 1.48. The Morgan fingerprint density at radius 1 is 1.24 bits per heavy atom. The van der Waals surface area contributed by atoms with Crippen molar-refractivity contribution in [2.24, 2.45) is 5.41 Å². The predicted molar refractivity (Wildman–Crippen MR) is 144 cm³/mol. The van der Waals surface area contributed by atoms with Gasteiger partial charge in [0.25, 0.3) is 0 Å². The second-order valence-electron chi connectivity index (χ2n) is 11.5. The molecule has 202 valence electrons. The number of hydrogen-bond acceptors (Lipinski definition) is 8. The van der Waals surface area contributed by atoms with Crippen LogP contribution in [0.25, 0.3) is 22.6 Å². The maximum atomic E-state index is 11.4. The van der Waals surface area contributed by atoms with Gasteiger partial charge in [0.05, 0.1) is 11.1 Å². The van der Waals surface area contributed by atoms with Gasteiger partial charge < -0.3 is 19.3 Å². The molecule has 5 rings (SSSR count). The number of carboxylic acid groups (broad SMARTS) is 1. The summed E-state index contributed by atoms with van der Waals surface area (Å²) < 4.78 is 19.5. The lowest BCUT2D eigenvalue weighted by Crippen LogP contribution is -2.46. The molecule has 3 aromatic heterocycles. The van der Waals surface area contributed by atoms with Gasteiger partial charge in [0.15, 0.2) is 5.82 Å². The number of nitrogens with zero attached hydrogens (tertiary/aromatic N) is 5. The molecule has 3 aromatic rings. The minimum Gasteiger partial charge on any atom is -0.481 e. The normalized spacial score (nSPS) is 17.3. The Bertz CT molecular complexity index is 1350. The molecular weight excluding hydrogens is 502 g/mol. The number of carboxylic acids is 1. The molecule has 1 N–H and O–H groups in total. The average Bonchev–Trinajstić information content (AvgIpc) is 3.24. The van der Waals surface area contributed by atoms with E-state index < -0.39 is 19.5 Å². The lowest BCUT2D eigenvalue weighted by molar-refractivity contribution is -0.148. The molecule has 1 saturated carbocycles. The molecule has 2 aliphatic rings. The molecule has 1 aliphatic carbocycles. The molecule has 0 unspecified atom stereocenters. The third kappa shape index (κ3) is 5.30. The second-order valence-corrected chi connectivity index (χ2v) is 16.2. The van der Waals surface area contributed by atoms with Crippen molar-refractivity contribution < 1.29 is 24.1 Å². The number of pyridine rings is 2. The zero-order valence-corrected chi connectivity index (χ0v) is 23.7. The van der Waals surface area contributed by atoms with Crippen LogP contribution in [0.3, 0.4) is 0 Å². The van der Waals surface area contributed by atoms with Crippen LogP contribution >= 0.6 is 0 Å². The first-order valence-electron chi connectivity index (χ1n) is 13.1. The van der Waals surface area contributed by atoms with E-state index in [0.29, 0.717) is 31.1 Å². The highest BCUT2D eigenvalue weighted by Gasteiger charge is 2.33. The first-order chi connectivity index (χ1) is 18.0.